The fourth-order valence-electron chi connectivity index (χ4n) is 1.19. The minimum atomic E-state index is -1.01. The highest BCUT2D eigenvalue weighted by Crippen LogP contribution is 2.21. The van der Waals surface area contributed by atoms with E-state index < -0.39 is 5.97 Å². The van der Waals surface area contributed by atoms with Crippen molar-refractivity contribution in [3.63, 3.8) is 0 Å². The Bertz CT molecular complexity index is 524. The summed E-state index contributed by atoms with van der Waals surface area (Å²) in [7, 11) is 0. The topological polar surface area (TPSA) is 76.2 Å². The highest BCUT2D eigenvalue weighted by atomic mass is 35.5. The van der Waals surface area contributed by atoms with Gasteiger partial charge in [0.2, 0.25) is 11.8 Å². The molecule has 2 aromatic rings. The van der Waals surface area contributed by atoms with Gasteiger partial charge in [0.15, 0.2) is 0 Å². The smallest absolute Gasteiger partial charge is 0.312 e. The number of halogens is 1. The van der Waals surface area contributed by atoms with Crippen LogP contribution < -0.4 is 0 Å². The fourth-order valence-corrected chi connectivity index (χ4v) is 1.38. The van der Waals surface area contributed by atoms with Crippen LogP contribution in [-0.2, 0) is 11.2 Å². The molecule has 0 fully saturated rings. The third-order valence-electron chi connectivity index (χ3n) is 1.84. The molecular weight excluding hydrogens is 232 g/mol. The van der Waals surface area contributed by atoms with Crippen LogP contribution >= 0.6 is 11.6 Å². The van der Waals surface area contributed by atoms with Crippen LogP contribution in [0.5, 0.6) is 0 Å². The van der Waals surface area contributed by atoms with Crippen molar-refractivity contribution in [1.29, 1.82) is 0 Å². The predicted molar refractivity (Wildman–Crippen MR) is 56.1 cm³/mol. The summed E-state index contributed by atoms with van der Waals surface area (Å²) >= 11 is 5.80. The number of carbonyl (C=O) groups is 1. The third kappa shape index (κ3) is 2.38. The molecule has 1 N–H and O–H groups in total. The molecule has 6 heteroatoms. The summed E-state index contributed by atoms with van der Waals surface area (Å²) in [6, 6.07) is 6.89. The van der Waals surface area contributed by atoms with Crippen molar-refractivity contribution in [2.24, 2.45) is 0 Å². The Morgan fingerprint density at radius 3 is 2.94 bits per heavy atom. The fraction of sp³-hybridized carbons (Fsp3) is 0.100. The molecule has 0 bridgehead atoms. The average Bonchev–Trinajstić information content (AvgIpc) is 2.65. The van der Waals surface area contributed by atoms with E-state index in [2.05, 4.69) is 10.2 Å². The summed E-state index contributed by atoms with van der Waals surface area (Å²) < 4.78 is 5.17. The van der Waals surface area contributed by atoms with E-state index in [1.54, 1.807) is 24.3 Å². The summed E-state index contributed by atoms with van der Waals surface area (Å²) in [5.74, 6) is -0.678. The van der Waals surface area contributed by atoms with Crippen LogP contribution in [0.15, 0.2) is 28.7 Å². The SMILES string of the molecule is O=C(O)Cc1nnc(-c2cccc(Cl)c2)o1. The molecule has 0 saturated heterocycles. The molecular formula is C10H7ClN2O3. The maximum atomic E-state index is 10.4. The first-order valence-corrected chi connectivity index (χ1v) is 4.83. The Balaban J connectivity index is 2.28. The zero-order valence-electron chi connectivity index (χ0n) is 8.05. The molecule has 1 heterocycles. The summed E-state index contributed by atoms with van der Waals surface area (Å²) in [6.07, 6.45) is -0.284. The molecule has 0 aliphatic carbocycles. The van der Waals surface area contributed by atoms with Crippen molar-refractivity contribution in [3.05, 3.63) is 35.2 Å². The minimum Gasteiger partial charge on any atom is -0.481 e. The molecule has 0 saturated carbocycles. The zero-order valence-corrected chi connectivity index (χ0v) is 8.81. The molecule has 0 aliphatic heterocycles. The number of carboxylic acids is 1. The van der Waals surface area contributed by atoms with E-state index in [4.69, 9.17) is 21.1 Å². The van der Waals surface area contributed by atoms with Gasteiger partial charge in [0, 0.05) is 10.6 Å². The first kappa shape index (κ1) is 10.6. The lowest BCUT2D eigenvalue weighted by Gasteiger charge is -1.94. The lowest BCUT2D eigenvalue weighted by atomic mass is 10.2. The zero-order chi connectivity index (χ0) is 11.5. The Labute approximate surface area is 95.7 Å². The quantitative estimate of drug-likeness (QED) is 0.885. The number of hydrogen-bond donors (Lipinski definition) is 1. The van der Waals surface area contributed by atoms with Crippen molar-refractivity contribution in [3.8, 4) is 11.5 Å². The van der Waals surface area contributed by atoms with Gasteiger partial charge in [0.25, 0.3) is 0 Å². The van der Waals surface area contributed by atoms with Gasteiger partial charge in [-0.05, 0) is 18.2 Å². The van der Waals surface area contributed by atoms with E-state index in [-0.39, 0.29) is 18.2 Å². The standard InChI is InChI=1S/C10H7ClN2O3/c11-7-3-1-2-6(4-7)10-13-12-8(16-10)5-9(14)15/h1-4H,5H2,(H,14,15). The second kappa shape index (κ2) is 4.32. The number of rotatable bonds is 3. The molecule has 0 atom stereocenters. The van der Waals surface area contributed by atoms with Crippen LogP contribution in [0.1, 0.15) is 5.89 Å². The summed E-state index contributed by atoms with van der Waals surface area (Å²) in [5.41, 5.74) is 0.664. The van der Waals surface area contributed by atoms with Crippen molar-refractivity contribution >= 4 is 17.6 Å². The maximum Gasteiger partial charge on any atom is 0.312 e. The van der Waals surface area contributed by atoms with Crippen molar-refractivity contribution < 1.29 is 14.3 Å². The Morgan fingerprint density at radius 2 is 2.25 bits per heavy atom. The largest absolute Gasteiger partial charge is 0.481 e. The molecule has 0 aliphatic rings. The summed E-state index contributed by atoms with van der Waals surface area (Å²) in [6.45, 7) is 0. The molecule has 1 aromatic heterocycles. The highest BCUT2D eigenvalue weighted by molar-refractivity contribution is 6.30. The number of benzene rings is 1. The lowest BCUT2D eigenvalue weighted by Crippen LogP contribution is -1.99. The van der Waals surface area contributed by atoms with Crippen molar-refractivity contribution in [2.75, 3.05) is 0 Å². The summed E-state index contributed by atoms with van der Waals surface area (Å²) in [5, 5.41) is 16.5. The van der Waals surface area contributed by atoms with Crippen LogP contribution in [0.3, 0.4) is 0 Å². The van der Waals surface area contributed by atoms with Gasteiger partial charge < -0.3 is 9.52 Å². The number of nitrogens with zero attached hydrogens (tertiary/aromatic N) is 2. The number of aromatic nitrogens is 2. The third-order valence-corrected chi connectivity index (χ3v) is 2.08. The van der Waals surface area contributed by atoms with E-state index in [0.717, 1.165) is 0 Å². The monoisotopic (exact) mass is 238 g/mol. The molecule has 0 unspecified atom stereocenters. The summed E-state index contributed by atoms with van der Waals surface area (Å²) in [4.78, 5) is 10.4. The number of carboxylic acid groups (broad SMARTS) is 1. The first-order chi connectivity index (χ1) is 7.65. The van der Waals surface area contributed by atoms with E-state index in [1.165, 1.54) is 0 Å². The van der Waals surface area contributed by atoms with Crippen LogP contribution in [0.2, 0.25) is 5.02 Å². The maximum absolute atomic E-state index is 10.4. The Morgan fingerprint density at radius 1 is 1.44 bits per heavy atom. The van der Waals surface area contributed by atoms with Crippen molar-refractivity contribution in [1.82, 2.24) is 10.2 Å². The van der Waals surface area contributed by atoms with E-state index in [1.807, 2.05) is 0 Å². The predicted octanol–water partition coefficient (Wildman–Crippen LogP) is 2.02. The number of aliphatic carboxylic acids is 1. The van der Waals surface area contributed by atoms with Gasteiger partial charge in [-0.2, -0.15) is 0 Å². The van der Waals surface area contributed by atoms with Crippen LogP contribution in [0.4, 0.5) is 0 Å². The lowest BCUT2D eigenvalue weighted by molar-refractivity contribution is -0.136. The average molecular weight is 239 g/mol. The molecule has 82 valence electrons. The second-order valence-electron chi connectivity index (χ2n) is 3.08. The number of hydrogen-bond acceptors (Lipinski definition) is 4. The minimum absolute atomic E-state index is 0.0717. The van der Waals surface area contributed by atoms with Gasteiger partial charge >= 0.3 is 5.97 Å². The van der Waals surface area contributed by atoms with Gasteiger partial charge in [0.1, 0.15) is 6.42 Å². The van der Waals surface area contributed by atoms with Gasteiger partial charge in [0.05, 0.1) is 0 Å². The van der Waals surface area contributed by atoms with Gasteiger partial charge in [-0.25, -0.2) is 0 Å². The van der Waals surface area contributed by atoms with Crippen LogP contribution in [0.25, 0.3) is 11.5 Å². The normalized spacial score (nSPS) is 10.3. The molecule has 0 spiro atoms. The first-order valence-electron chi connectivity index (χ1n) is 4.45. The highest BCUT2D eigenvalue weighted by Gasteiger charge is 2.11. The molecule has 1 aromatic carbocycles. The van der Waals surface area contributed by atoms with E-state index in [9.17, 15) is 4.79 Å². The Hall–Kier alpha value is -1.88. The molecule has 0 amide bonds. The van der Waals surface area contributed by atoms with Crippen LogP contribution in [0, 0.1) is 0 Å². The van der Waals surface area contributed by atoms with Gasteiger partial charge in [-0.1, -0.05) is 17.7 Å². The Kier molecular flexibility index (Phi) is 2.87. The molecule has 16 heavy (non-hydrogen) atoms. The van der Waals surface area contributed by atoms with E-state index in [0.29, 0.717) is 10.6 Å². The van der Waals surface area contributed by atoms with Gasteiger partial charge in [-0.15, -0.1) is 10.2 Å². The van der Waals surface area contributed by atoms with Gasteiger partial charge in [-0.3, -0.25) is 4.79 Å². The van der Waals surface area contributed by atoms with Crippen molar-refractivity contribution in [2.45, 2.75) is 6.42 Å². The second-order valence-corrected chi connectivity index (χ2v) is 3.52. The van der Waals surface area contributed by atoms with Crippen LogP contribution in [-0.4, -0.2) is 21.3 Å². The molecule has 5 nitrogen and oxygen atoms in total. The van der Waals surface area contributed by atoms with E-state index >= 15 is 0 Å². The molecule has 0 radical (unpaired) electrons. The molecule has 2 rings (SSSR count).